The number of carbonyl (C=O) groups is 1. The molecule has 2 aromatic heterocycles. The van der Waals surface area contributed by atoms with E-state index in [0.717, 1.165) is 5.39 Å². The Balaban J connectivity index is 1.32. The van der Waals surface area contributed by atoms with Crippen LogP contribution in [-0.4, -0.2) is 35.5 Å². The number of amides is 1. The minimum atomic E-state index is -0.483. The van der Waals surface area contributed by atoms with Crippen LogP contribution >= 0.6 is 27.5 Å². The number of methoxy groups -OCH3 is 1. The number of carbonyl (C=O) groups excluding carboxylic acids is 1. The molecule has 0 fully saturated rings. The minimum absolute atomic E-state index is 0.199. The molecule has 44 heavy (non-hydrogen) atoms. The summed E-state index contributed by atoms with van der Waals surface area (Å²) in [7, 11) is 1.45. The lowest BCUT2D eigenvalue weighted by molar-refractivity contribution is -0.118. The van der Waals surface area contributed by atoms with Gasteiger partial charge in [-0.25, -0.2) is 9.37 Å². The summed E-state index contributed by atoms with van der Waals surface area (Å²) in [5.41, 5.74) is 1.52. The topological polar surface area (TPSA) is 108 Å². The second-order valence-electron chi connectivity index (χ2n) is 9.48. The number of aromatic nitrogens is 2. The van der Waals surface area contributed by atoms with Crippen LogP contribution in [0.3, 0.4) is 0 Å². The van der Waals surface area contributed by atoms with E-state index in [2.05, 4.69) is 31.3 Å². The molecule has 1 N–H and O–H groups in total. The third-order valence-corrected chi connectivity index (χ3v) is 7.44. The molecular formula is C32H21BrClFN4O5. The maximum absolute atomic E-state index is 13.6. The summed E-state index contributed by atoms with van der Waals surface area (Å²) < 4.78 is 32.3. The van der Waals surface area contributed by atoms with Crippen molar-refractivity contribution in [2.75, 3.05) is 19.0 Å². The maximum Gasteiger partial charge on any atom is 0.282 e. The quantitative estimate of drug-likeness (QED) is 0.170. The van der Waals surface area contributed by atoms with E-state index >= 15 is 0 Å². The molecule has 0 aliphatic rings. The second-order valence-corrected chi connectivity index (χ2v) is 10.8. The highest BCUT2D eigenvalue weighted by Gasteiger charge is 2.17. The monoisotopic (exact) mass is 674 g/mol. The summed E-state index contributed by atoms with van der Waals surface area (Å²) in [6.45, 7) is -0.350. The lowest BCUT2D eigenvalue weighted by Crippen LogP contribution is -2.20. The zero-order chi connectivity index (χ0) is 30.8. The largest absolute Gasteiger partial charge is 0.493 e. The fourth-order valence-corrected chi connectivity index (χ4v) is 5.07. The van der Waals surface area contributed by atoms with Crippen molar-refractivity contribution in [3.8, 4) is 23.1 Å². The molecule has 0 bridgehead atoms. The van der Waals surface area contributed by atoms with Gasteiger partial charge in [0.1, 0.15) is 11.4 Å². The van der Waals surface area contributed by atoms with E-state index in [9.17, 15) is 14.0 Å². The Morgan fingerprint density at radius 3 is 2.75 bits per heavy atom. The number of ether oxygens (including phenoxy) is 2. The second kappa shape index (κ2) is 12.3. The molecule has 0 aliphatic carbocycles. The molecule has 0 radical (unpaired) electrons. The predicted molar refractivity (Wildman–Crippen MR) is 170 cm³/mol. The number of fused-ring (bicyclic) bond motifs is 2. The molecule has 6 rings (SSSR count). The zero-order valence-electron chi connectivity index (χ0n) is 22.9. The van der Waals surface area contributed by atoms with Crippen molar-refractivity contribution in [3.63, 3.8) is 0 Å². The summed E-state index contributed by atoms with van der Waals surface area (Å²) >= 11 is 9.66. The molecule has 6 aromatic rings. The molecule has 12 heteroatoms. The number of nitrogens with zero attached hydrogens (tertiary/aromatic N) is 3. The van der Waals surface area contributed by atoms with E-state index in [-0.39, 0.29) is 18.2 Å². The minimum Gasteiger partial charge on any atom is -0.493 e. The van der Waals surface area contributed by atoms with E-state index in [1.54, 1.807) is 66.7 Å². The molecular weight excluding hydrogens is 655 g/mol. The molecule has 0 saturated carbocycles. The third kappa shape index (κ3) is 6.05. The molecule has 0 unspecified atom stereocenters. The van der Waals surface area contributed by atoms with Crippen molar-refractivity contribution in [2.24, 2.45) is 5.10 Å². The summed E-state index contributed by atoms with van der Waals surface area (Å²) in [6.07, 6.45) is 1.47. The van der Waals surface area contributed by atoms with Crippen molar-refractivity contribution in [3.05, 3.63) is 116 Å². The smallest absolute Gasteiger partial charge is 0.282 e. The number of nitrogens with one attached hydrogen (secondary N) is 1. The fourth-order valence-electron chi connectivity index (χ4n) is 4.46. The number of hydrogen-bond donors (Lipinski definition) is 1. The highest BCUT2D eigenvalue weighted by atomic mass is 79.9. The highest BCUT2D eigenvalue weighted by molar-refractivity contribution is 9.10. The van der Waals surface area contributed by atoms with E-state index in [1.165, 1.54) is 36.2 Å². The Morgan fingerprint density at radius 2 is 1.93 bits per heavy atom. The first-order chi connectivity index (χ1) is 21.3. The Labute approximate surface area is 262 Å². The Kier molecular flexibility index (Phi) is 8.14. The van der Waals surface area contributed by atoms with Crippen LogP contribution in [0.5, 0.6) is 11.5 Å². The maximum atomic E-state index is 13.6. The van der Waals surface area contributed by atoms with Crippen LogP contribution in [0.1, 0.15) is 5.56 Å². The Hall–Kier alpha value is -5.00. The summed E-state index contributed by atoms with van der Waals surface area (Å²) in [5.74, 6) is 0.165. The van der Waals surface area contributed by atoms with Crippen LogP contribution in [0.2, 0.25) is 5.02 Å². The van der Waals surface area contributed by atoms with Gasteiger partial charge in [0.25, 0.3) is 11.5 Å². The molecule has 220 valence electrons. The van der Waals surface area contributed by atoms with Gasteiger partial charge in [0.2, 0.25) is 5.82 Å². The Bertz CT molecular complexity index is 2150. The van der Waals surface area contributed by atoms with Gasteiger partial charge in [-0.2, -0.15) is 9.78 Å². The van der Waals surface area contributed by atoms with Crippen molar-refractivity contribution < 1.29 is 23.1 Å². The van der Waals surface area contributed by atoms with E-state index in [1.807, 2.05) is 0 Å². The van der Waals surface area contributed by atoms with E-state index in [4.69, 9.17) is 25.5 Å². The first kappa shape index (κ1) is 29.1. The summed E-state index contributed by atoms with van der Waals surface area (Å²) in [5, 5.41) is 8.74. The summed E-state index contributed by atoms with van der Waals surface area (Å²) in [4.78, 5) is 30.7. The first-order valence-electron chi connectivity index (χ1n) is 13.1. The van der Waals surface area contributed by atoms with Crippen LogP contribution < -0.4 is 20.3 Å². The van der Waals surface area contributed by atoms with Gasteiger partial charge < -0.3 is 19.2 Å². The van der Waals surface area contributed by atoms with E-state index in [0.29, 0.717) is 48.7 Å². The van der Waals surface area contributed by atoms with Crippen LogP contribution in [0.4, 0.5) is 10.1 Å². The van der Waals surface area contributed by atoms with Crippen molar-refractivity contribution in [1.82, 2.24) is 9.66 Å². The highest BCUT2D eigenvalue weighted by Crippen LogP contribution is 2.33. The van der Waals surface area contributed by atoms with Gasteiger partial charge in [0, 0.05) is 26.1 Å². The van der Waals surface area contributed by atoms with Crippen LogP contribution in [0.25, 0.3) is 33.5 Å². The first-order valence-corrected chi connectivity index (χ1v) is 14.3. The van der Waals surface area contributed by atoms with Crippen LogP contribution in [-0.2, 0) is 4.79 Å². The van der Waals surface area contributed by atoms with Crippen molar-refractivity contribution >= 4 is 67.2 Å². The van der Waals surface area contributed by atoms with Gasteiger partial charge in [-0.15, -0.1) is 0 Å². The standard InChI is InChI=1S/C32H21BrClFN4O5/c1-42-27-13-19(24(33)15-28(27)43-17-30(40)37-22-6-4-5-21(35)14-22)16-36-39-31(38-25-8-3-2-7-23(25)32(39)41)29-12-18-11-20(34)9-10-26(18)44-29/h2-16H,17H2,1H3,(H,37,40). The number of hydrogen-bond acceptors (Lipinski definition) is 7. The van der Waals surface area contributed by atoms with Gasteiger partial charge in [0.15, 0.2) is 23.9 Å². The lowest BCUT2D eigenvalue weighted by atomic mass is 10.2. The lowest BCUT2D eigenvalue weighted by Gasteiger charge is -2.13. The van der Waals surface area contributed by atoms with Gasteiger partial charge in [0.05, 0.1) is 24.2 Å². The molecule has 9 nitrogen and oxygen atoms in total. The predicted octanol–water partition coefficient (Wildman–Crippen LogP) is 7.27. The van der Waals surface area contributed by atoms with E-state index < -0.39 is 17.3 Å². The zero-order valence-corrected chi connectivity index (χ0v) is 25.2. The Morgan fingerprint density at radius 1 is 1.09 bits per heavy atom. The van der Waals surface area contributed by atoms with Gasteiger partial charge in [-0.1, -0.05) is 29.8 Å². The molecule has 2 heterocycles. The average molecular weight is 676 g/mol. The third-order valence-electron chi connectivity index (χ3n) is 6.51. The molecule has 0 atom stereocenters. The number of anilines is 1. The number of para-hydroxylation sites is 1. The number of rotatable bonds is 8. The van der Waals surface area contributed by atoms with Crippen molar-refractivity contribution in [2.45, 2.75) is 0 Å². The fraction of sp³-hybridized carbons (Fsp3) is 0.0625. The van der Waals surface area contributed by atoms with Crippen LogP contribution in [0, 0.1) is 5.82 Å². The molecule has 0 aliphatic heterocycles. The van der Waals surface area contributed by atoms with Gasteiger partial charge in [-0.05, 0) is 82.7 Å². The molecule has 1 amide bonds. The van der Waals surface area contributed by atoms with Crippen LogP contribution in [0.15, 0.2) is 104 Å². The number of halogens is 3. The summed E-state index contributed by atoms with van der Waals surface area (Å²) in [6, 6.07) is 22.7. The van der Waals surface area contributed by atoms with Gasteiger partial charge in [-0.3, -0.25) is 9.59 Å². The van der Waals surface area contributed by atoms with Crippen molar-refractivity contribution in [1.29, 1.82) is 0 Å². The molecule has 4 aromatic carbocycles. The molecule has 0 saturated heterocycles. The SMILES string of the molecule is COc1cc(C=Nn2c(-c3cc4cc(Cl)ccc4o3)nc3ccccc3c2=O)c(Br)cc1OCC(=O)Nc1cccc(F)c1. The van der Waals surface area contributed by atoms with Gasteiger partial charge >= 0.3 is 0 Å². The number of benzene rings is 4. The normalized spacial score (nSPS) is 11.4. The number of furan rings is 1. The average Bonchev–Trinajstić information content (AvgIpc) is 3.43. The molecule has 0 spiro atoms.